The first kappa shape index (κ1) is 11.5. The highest BCUT2D eigenvalue weighted by Crippen LogP contribution is 2.32. The smallest absolute Gasteiger partial charge is 0.304 e. The van der Waals surface area contributed by atoms with Crippen molar-refractivity contribution in [1.82, 2.24) is 0 Å². The van der Waals surface area contributed by atoms with Crippen LogP contribution in [0.5, 0.6) is 0 Å². The molecule has 1 heterocycles. The van der Waals surface area contributed by atoms with Crippen LogP contribution in [-0.4, -0.2) is 43.7 Å². The third kappa shape index (κ3) is 2.24. The summed E-state index contributed by atoms with van der Waals surface area (Å²) in [6.45, 7) is 0.640. The quantitative estimate of drug-likeness (QED) is 0.730. The number of hydrogen-bond donors (Lipinski definition) is 1. The minimum Gasteiger partial charge on any atom is -0.481 e. The first-order valence-electron chi connectivity index (χ1n) is 4.37. The zero-order chi connectivity index (χ0) is 10.8. The van der Waals surface area contributed by atoms with E-state index < -0.39 is 20.6 Å². The molecule has 0 saturated carbocycles. The van der Waals surface area contributed by atoms with Crippen LogP contribution in [-0.2, 0) is 19.4 Å². The highest BCUT2D eigenvalue weighted by atomic mass is 32.2. The number of carboxylic acids is 1. The first-order chi connectivity index (χ1) is 6.37. The van der Waals surface area contributed by atoms with E-state index >= 15 is 0 Å². The van der Waals surface area contributed by atoms with Crippen molar-refractivity contribution in [2.24, 2.45) is 0 Å². The number of hydrogen-bond acceptors (Lipinski definition) is 4. The lowest BCUT2D eigenvalue weighted by atomic mass is 9.95. The maximum Gasteiger partial charge on any atom is 0.304 e. The monoisotopic (exact) mass is 222 g/mol. The van der Waals surface area contributed by atoms with Gasteiger partial charge in [0.05, 0.1) is 11.2 Å². The summed E-state index contributed by atoms with van der Waals surface area (Å²) >= 11 is 0. The van der Waals surface area contributed by atoms with Gasteiger partial charge in [-0.15, -0.1) is 0 Å². The van der Waals surface area contributed by atoms with Gasteiger partial charge in [0.25, 0.3) is 0 Å². The Kier molecular flexibility index (Phi) is 3.16. The van der Waals surface area contributed by atoms with Crippen LogP contribution >= 0.6 is 0 Å². The van der Waals surface area contributed by atoms with E-state index in [0.29, 0.717) is 13.2 Å². The molecule has 0 unspecified atom stereocenters. The van der Waals surface area contributed by atoms with Crippen molar-refractivity contribution in [1.29, 1.82) is 0 Å². The SMILES string of the molecule is CS(=O)(=O)C1(CC(=O)O)CCOCC1. The summed E-state index contributed by atoms with van der Waals surface area (Å²) in [5, 5.41) is 8.69. The molecule has 0 atom stereocenters. The van der Waals surface area contributed by atoms with Crippen LogP contribution in [0, 0.1) is 0 Å². The van der Waals surface area contributed by atoms with Gasteiger partial charge in [0.15, 0.2) is 9.84 Å². The molecule has 0 bridgehead atoms. The normalized spacial score (nSPS) is 21.8. The molecule has 0 aliphatic carbocycles. The largest absolute Gasteiger partial charge is 0.481 e. The molecular weight excluding hydrogens is 208 g/mol. The highest BCUT2D eigenvalue weighted by molar-refractivity contribution is 7.92. The van der Waals surface area contributed by atoms with E-state index in [0.717, 1.165) is 6.26 Å². The average molecular weight is 222 g/mol. The second-order valence-corrected chi connectivity index (χ2v) is 6.05. The van der Waals surface area contributed by atoms with E-state index in [2.05, 4.69) is 0 Å². The summed E-state index contributed by atoms with van der Waals surface area (Å²) in [5.41, 5.74) is 0. The molecule has 0 spiro atoms. The lowest BCUT2D eigenvalue weighted by Gasteiger charge is -2.33. The minimum atomic E-state index is -3.34. The van der Waals surface area contributed by atoms with Crippen LogP contribution in [0.15, 0.2) is 0 Å². The van der Waals surface area contributed by atoms with E-state index in [4.69, 9.17) is 9.84 Å². The molecule has 1 N–H and O–H groups in total. The lowest BCUT2D eigenvalue weighted by molar-refractivity contribution is -0.138. The van der Waals surface area contributed by atoms with E-state index in [1.165, 1.54) is 0 Å². The number of carboxylic acid groups (broad SMARTS) is 1. The number of carbonyl (C=O) groups is 1. The Morgan fingerprint density at radius 2 is 1.93 bits per heavy atom. The molecule has 5 nitrogen and oxygen atoms in total. The van der Waals surface area contributed by atoms with Crippen LogP contribution in [0.2, 0.25) is 0 Å². The van der Waals surface area contributed by atoms with Gasteiger partial charge in [0.1, 0.15) is 0 Å². The van der Waals surface area contributed by atoms with Crippen LogP contribution in [0.3, 0.4) is 0 Å². The van der Waals surface area contributed by atoms with E-state index in [1.807, 2.05) is 0 Å². The second-order valence-electron chi connectivity index (χ2n) is 3.64. The van der Waals surface area contributed by atoms with Crippen LogP contribution in [0.1, 0.15) is 19.3 Å². The zero-order valence-corrected chi connectivity index (χ0v) is 8.84. The van der Waals surface area contributed by atoms with Gasteiger partial charge in [-0.3, -0.25) is 4.79 Å². The molecule has 1 rings (SSSR count). The molecule has 1 aliphatic heterocycles. The number of rotatable bonds is 3. The van der Waals surface area contributed by atoms with Crippen LogP contribution in [0.25, 0.3) is 0 Å². The summed E-state index contributed by atoms with van der Waals surface area (Å²) in [6, 6.07) is 0. The Labute approximate surface area is 83.0 Å². The van der Waals surface area contributed by atoms with Crippen molar-refractivity contribution in [2.75, 3.05) is 19.5 Å². The predicted octanol–water partition coefficient (Wildman–Crippen LogP) is 0.0549. The number of aliphatic carboxylic acids is 1. The molecule has 82 valence electrons. The Bertz CT molecular complexity index is 313. The van der Waals surface area contributed by atoms with Gasteiger partial charge in [0, 0.05) is 19.5 Å². The molecule has 14 heavy (non-hydrogen) atoms. The predicted molar refractivity (Wildman–Crippen MR) is 49.9 cm³/mol. The van der Waals surface area contributed by atoms with E-state index in [1.54, 1.807) is 0 Å². The Morgan fingerprint density at radius 3 is 2.29 bits per heavy atom. The summed E-state index contributed by atoms with van der Waals surface area (Å²) in [5.74, 6) is -1.07. The third-order valence-corrected chi connectivity index (χ3v) is 4.79. The van der Waals surface area contributed by atoms with Gasteiger partial charge in [-0.25, -0.2) is 8.42 Å². The van der Waals surface area contributed by atoms with Gasteiger partial charge in [-0.2, -0.15) is 0 Å². The summed E-state index contributed by atoms with van der Waals surface area (Å²) in [7, 11) is -3.34. The van der Waals surface area contributed by atoms with Crippen molar-refractivity contribution < 1.29 is 23.1 Å². The van der Waals surface area contributed by atoms with Crippen molar-refractivity contribution in [3.05, 3.63) is 0 Å². The van der Waals surface area contributed by atoms with Gasteiger partial charge >= 0.3 is 5.97 Å². The molecule has 0 aromatic heterocycles. The molecule has 0 radical (unpaired) electrons. The minimum absolute atomic E-state index is 0.276. The molecule has 0 aromatic rings. The molecule has 0 amide bonds. The topological polar surface area (TPSA) is 80.7 Å². The van der Waals surface area contributed by atoms with E-state index in [-0.39, 0.29) is 19.3 Å². The standard InChI is InChI=1S/C8H14O5S/c1-14(11,12)8(6-7(9)10)2-4-13-5-3-8/h2-6H2,1H3,(H,9,10). The summed E-state index contributed by atoms with van der Waals surface area (Å²) in [4.78, 5) is 10.6. The van der Waals surface area contributed by atoms with Gasteiger partial charge in [0.2, 0.25) is 0 Å². The van der Waals surface area contributed by atoms with E-state index in [9.17, 15) is 13.2 Å². The molecular formula is C8H14O5S. The van der Waals surface area contributed by atoms with Crippen molar-refractivity contribution in [2.45, 2.75) is 24.0 Å². The summed E-state index contributed by atoms with van der Waals surface area (Å²) < 4.78 is 27.0. The fourth-order valence-electron chi connectivity index (χ4n) is 1.70. The molecule has 1 aliphatic rings. The third-order valence-electron chi connectivity index (χ3n) is 2.66. The zero-order valence-electron chi connectivity index (χ0n) is 8.02. The van der Waals surface area contributed by atoms with Gasteiger partial charge in [-0.1, -0.05) is 0 Å². The Hall–Kier alpha value is -0.620. The fourth-order valence-corrected chi connectivity index (χ4v) is 2.99. The summed E-state index contributed by atoms with van der Waals surface area (Å²) in [6.07, 6.45) is 1.33. The number of sulfone groups is 1. The number of ether oxygens (including phenoxy) is 1. The molecule has 0 aromatic carbocycles. The second kappa shape index (κ2) is 3.86. The van der Waals surface area contributed by atoms with Crippen molar-refractivity contribution in [3.8, 4) is 0 Å². The molecule has 1 fully saturated rings. The molecule has 1 saturated heterocycles. The maximum atomic E-state index is 11.5. The fraction of sp³-hybridized carbons (Fsp3) is 0.875. The van der Waals surface area contributed by atoms with Crippen molar-refractivity contribution in [3.63, 3.8) is 0 Å². The van der Waals surface area contributed by atoms with Crippen molar-refractivity contribution >= 4 is 15.8 Å². The van der Waals surface area contributed by atoms with Gasteiger partial charge < -0.3 is 9.84 Å². The Balaban J connectivity index is 2.95. The lowest BCUT2D eigenvalue weighted by Crippen LogP contribution is -2.45. The first-order valence-corrected chi connectivity index (χ1v) is 6.26. The average Bonchev–Trinajstić information content (AvgIpc) is 2.02. The Morgan fingerprint density at radius 1 is 1.43 bits per heavy atom. The maximum absolute atomic E-state index is 11.5. The van der Waals surface area contributed by atoms with Gasteiger partial charge in [-0.05, 0) is 12.8 Å². The van der Waals surface area contributed by atoms with Crippen LogP contribution < -0.4 is 0 Å². The molecule has 6 heteroatoms. The van der Waals surface area contributed by atoms with Crippen LogP contribution in [0.4, 0.5) is 0 Å². The highest BCUT2D eigenvalue weighted by Gasteiger charge is 2.43.